The van der Waals surface area contributed by atoms with E-state index in [4.69, 9.17) is 4.74 Å². The van der Waals surface area contributed by atoms with Crippen LogP contribution in [0.3, 0.4) is 0 Å². The average Bonchev–Trinajstić information content (AvgIpc) is 3.08. The molecular weight excluding hydrogens is 384 g/mol. The summed E-state index contributed by atoms with van der Waals surface area (Å²) in [5, 5.41) is 3.76. The third-order valence-corrected chi connectivity index (χ3v) is 4.45. The monoisotopic (exact) mass is 396 g/mol. The Balaban J connectivity index is 1.92. The van der Waals surface area contributed by atoms with Crippen LogP contribution in [0.5, 0.6) is 5.75 Å². The number of aromatic nitrogens is 1. The molecule has 0 atom stereocenters. The number of nitrogens with zero attached hydrogens (tertiary/aromatic N) is 1. The van der Waals surface area contributed by atoms with Gasteiger partial charge < -0.3 is 4.74 Å². The molecule has 0 aliphatic carbocycles. The largest absolute Gasteiger partial charge is 0.496 e. The van der Waals surface area contributed by atoms with Crippen LogP contribution in [-0.4, -0.2) is 18.0 Å². The van der Waals surface area contributed by atoms with Crippen molar-refractivity contribution in [2.75, 3.05) is 12.4 Å². The van der Waals surface area contributed by atoms with Crippen LogP contribution < -0.4 is 10.1 Å². The van der Waals surface area contributed by atoms with Gasteiger partial charge in [-0.3, -0.25) is 10.1 Å². The first-order chi connectivity index (χ1) is 12.8. The number of benzene rings is 2. The van der Waals surface area contributed by atoms with Gasteiger partial charge in [0, 0.05) is 17.0 Å². The van der Waals surface area contributed by atoms with Gasteiger partial charge in [0.05, 0.1) is 12.8 Å². The Hall–Kier alpha value is -2.94. The number of thiazole rings is 1. The van der Waals surface area contributed by atoms with Gasteiger partial charge in [0.1, 0.15) is 11.3 Å². The van der Waals surface area contributed by atoms with Crippen LogP contribution in [0.2, 0.25) is 0 Å². The number of hydrogen-bond acceptors (Lipinski definition) is 4. The van der Waals surface area contributed by atoms with Crippen molar-refractivity contribution in [2.24, 2.45) is 0 Å². The lowest BCUT2D eigenvalue weighted by Crippen LogP contribution is -2.17. The highest BCUT2D eigenvalue weighted by Crippen LogP contribution is 2.33. The molecule has 9 heteroatoms. The van der Waals surface area contributed by atoms with Gasteiger partial charge >= 0.3 is 0 Å². The molecule has 2 aromatic carbocycles. The minimum Gasteiger partial charge on any atom is -0.496 e. The molecule has 1 aromatic heterocycles. The maximum Gasteiger partial charge on any atom is 0.263 e. The lowest BCUT2D eigenvalue weighted by molar-refractivity contribution is 0.101. The summed E-state index contributed by atoms with van der Waals surface area (Å²) in [6.07, 6.45) is 0. The number of hydrogen-bond donors (Lipinski definition) is 1. The summed E-state index contributed by atoms with van der Waals surface area (Å²) in [6.45, 7) is 1.88. The highest BCUT2D eigenvalue weighted by molar-refractivity contribution is 7.14. The number of ether oxygens (including phenoxy) is 1. The van der Waals surface area contributed by atoms with Crippen molar-refractivity contribution in [3.63, 3.8) is 0 Å². The second-order valence-corrected chi connectivity index (χ2v) is 6.40. The summed E-state index contributed by atoms with van der Waals surface area (Å²) < 4.78 is 59.3. The van der Waals surface area contributed by atoms with Crippen LogP contribution >= 0.6 is 11.3 Å². The lowest BCUT2D eigenvalue weighted by Gasteiger charge is -2.07. The van der Waals surface area contributed by atoms with E-state index in [9.17, 15) is 22.4 Å². The minimum atomic E-state index is -1.77. The number of halogens is 4. The molecule has 3 rings (SSSR count). The van der Waals surface area contributed by atoms with Crippen molar-refractivity contribution < 1.29 is 27.1 Å². The van der Waals surface area contributed by atoms with E-state index in [-0.39, 0.29) is 11.2 Å². The van der Waals surface area contributed by atoms with Gasteiger partial charge in [-0.25, -0.2) is 22.5 Å². The summed E-state index contributed by atoms with van der Waals surface area (Å²) in [5.74, 6) is -7.67. The number of carbonyl (C=O) groups is 1. The molecular formula is C18H12F4N2O2S. The number of anilines is 1. The number of amides is 1. The maximum absolute atomic E-state index is 13.7. The van der Waals surface area contributed by atoms with Crippen molar-refractivity contribution in [2.45, 2.75) is 6.92 Å². The predicted octanol–water partition coefficient (Wildman–Crippen LogP) is 4.94. The number of rotatable bonds is 4. The Bertz CT molecular complexity index is 1010. The van der Waals surface area contributed by atoms with E-state index in [1.807, 2.05) is 19.1 Å². The number of carbonyl (C=O) groups excluding carboxylic acids is 1. The SMILES string of the molecule is COc1ccc(C)cc1-c1csc(NC(=O)c2c(F)c(F)cc(F)c2F)n1. The van der Waals surface area contributed by atoms with E-state index < -0.39 is 34.7 Å². The fourth-order valence-electron chi connectivity index (χ4n) is 2.41. The molecule has 0 radical (unpaired) electrons. The summed E-state index contributed by atoms with van der Waals surface area (Å²) in [6, 6.07) is 5.46. The van der Waals surface area contributed by atoms with Gasteiger partial charge in [-0.1, -0.05) is 11.6 Å². The van der Waals surface area contributed by atoms with Gasteiger partial charge in [-0.15, -0.1) is 11.3 Å². The molecule has 27 heavy (non-hydrogen) atoms. The zero-order valence-corrected chi connectivity index (χ0v) is 14.9. The van der Waals surface area contributed by atoms with Gasteiger partial charge in [0.2, 0.25) is 0 Å². The van der Waals surface area contributed by atoms with Crippen LogP contribution in [0.25, 0.3) is 11.3 Å². The lowest BCUT2D eigenvalue weighted by atomic mass is 10.1. The second kappa shape index (κ2) is 7.36. The van der Waals surface area contributed by atoms with Crippen LogP contribution in [0.15, 0.2) is 29.6 Å². The first-order valence-electron chi connectivity index (χ1n) is 7.56. The second-order valence-electron chi connectivity index (χ2n) is 5.54. The van der Waals surface area contributed by atoms with Gasteiger partial charge in [-0.2, -0.15) is 0 Å². The smallest absolute Gasteiger partial charge is 0.263 e. The predicted molar refractivity (Wildman–Crippen MR) is 93.1 cm³/mol. The number of methoxy groups -OCH3 is 1. The van der Waals surface area contributed by atoms with E-state index in [1.54, 1.807) is 11.4 Å². The van der Waals surface area contributed by atoms with Crippen LogP contribution in [0.1, 0.15) is 15.9 Å². The zero-order valence-electron chi connectivity index (χ0n) is 14.1. The molecule has 3 aromatic rings. The summed E-state index contributed by atoms with van der Waals surface area (Å²) >= 11 is 0.982. The summed E-state index contributed by atoms with van der Waals surface area (Å²) in [4.78, 5) is 16.3. The fraction of sp³-hybridized carbons (Fsp3) is 0.111. The molecule has 0 spiro atoms. The topological polar surface area (TPSA) is 51.2 Å². The first kappa shape index (κ1) is 18.8. The molecule has 0 aliphatic heterocycles. The summed E-state index contributed by atoms with van der Waals surface area (Å²) in [7, 11) is 1.49. The van der Waals surface area contributed by atoms with E-state index in [2.05, 4.69) is 10.3 Å². The van der Waals surface area contributed by atoms with Crippen molar-refractivity contribution in [1.29, 1.82) is 0 Å². The van der Waals surface area contributed by atoms with Crippen molar-refractivity contribution in [3.8, 4) is 17.0 Å². The zero-order chi connectivity index (χ0) is 19.7. The van der Waals surface area contributed by atoms with Crippen molar-refractivity contribution in [1.82, 2.24) is 4.98 Å². The van der Waals surface area contributed by atoms with E-state index in [0.717, 1.165) is 16.9 Å². The van der Waals surface area contributed by atoms with E-state index >= 15 is 0 Å². The number of aryl methyl sites for hydroxylation is 1. The molecule has 1 amide bonds. The Labute approximate surface area is 155 Å². The highest BCUT2D eigenvalue weighted by atomic mass is 32.1. The standard InChI is InChI=1S/C18H12F4N2O2S/c1-8-3-4-13(26-2)9(5-8)12-7-27-18(23-12)24-17(25)14-15(21)10(19)6-11(20)16(14)22/h3-7H,1-2H3,(H,23,24,25). The third-order valence-electron chi connectivity index (χ3n) is 3.69. The summed E-state index contributed by atoms with van der Waals surface area (Å²) in [5.41, 5.74) is 0.715. The Kier molecular flexibility index (Phi) is 5.13. The quantitative estimate of drug-likeness (QED) is 0.502. The molecule has 1 N–H and O–H groups in total. The van der Waals surface area contributed by atoms with Gasteiger partial charge in [-0.05, 0) is 19.1 Å². The molecule has 1 heterocycles. The molecule has 0 saturated carbocycles. The Morgan fingerprint density at radius 1 is 1.11 bits per heavy atom. The normalized spacial score (nSPS) is 10.7. The van der Waals surface area contributed by atoms with Crippen molar-refractivity contribution in [3.05, 3.63) is 64.0 Å². The Morgan fingerprint density at radius 2 is 1.78 bits per heavy atom. The molecule has 0 unspecified atom stereocenters. The number of nitrogens with one attached hydrogen (secondary N) is 1. The van der Waals surface area contributed by atoms with Crippen LogP contribution in [0.4, 0.5) is 22.7 Å². The fourth-order valence-corrected chi connectivity index (χ4v) is 3.11. The molecule has 0 aliphatic rings. The molecule has 0 fully saturated rings. The third kappa shape index (κ3) is 3.63. The van der Waals surface area contributed by atoms with Gasteiger partial charge in [0.15, 0.2) is 28.4 Å². The molecule has 4 nitrogen and oxygen atoms in total. The molecule has 140 valence electrons. The van der Waals surface area contributed by atoms with Crippen molar-refractivity contribution >= 4 is 22.4 Å². The van der Waals surface area contributed by atoms with Crippen LogP contribution in [-0.2, 0) is 0 Å². The maximum atomic E-state index is 13.7. The first-order valence-corrected chi connectivity index (χ1v) is 8.44. The van der Waals surface area contributed by atoms with Gasteiger partial charge in [0.25, 0.3) is 5.91 Å². The van der Waals surface area contributed by atoms with E-state index in [0.29, 0.717) is 17.0 Å². The minimum absolute atomic E-state index is 0.00188. The van der Waals surface area contributed by atoms with Crippen LogP contribution in [0, 0.1) is 30.2 Å². The molecule has 0 bridgehead atoms. The average molecular weight is 396 g/mol. The van der Waals surface area contributed by atoms with E-state index in [1.165, 1.54) is 7.11 Å². The highest BCUT2D eigenvalue weighted by Gasteiger charge is 2.25. The molecule has 0 saturated heterocycles. The Morgan fingerprint density at radius 3 is 2.41 bits per heavy atom.